The molecule has 114 valence electrons. The van der Waals surface area contributed by atoms with Gasteiger partial charge in [-0.25, -0.2) is 0 Å². The monoisotopic (exact) mass is 296 g/mol. The van der Waals surface area contributed by atoms with E-state index in [0.717, 1.165) is 31.7 Å². The number of fused-ring (bicyclic) bond motifs is 1. The van der Waals surface area contributed by atoms with Crippen molar-refractivity contribution in [3.63, 3.8) is 0 Å². The second-order valence-electron chi connectivity index (χ2n) is 5.47. The smallest absolute Gasteiger partial charge is 0.271 e. The molecule has 1 aromatic heterocycles. The van der Waals surface area contributed by atoms with Crippen molar-refractivity contribution in [2.45, 2.75) is 26.3 Å². The fourth-order valence-electron chi connectivity index (χ4n) is 2.64. The zero-order valence-electron chi connectivity index (χ0n) is 12.7. The highest BCUT2D eigenvalue weighted by atomic mass is 16.1. The number of carbonyl (C=O) groups is 1. The number of anilines is 1. The van der Waals surface area contributed by atoms with Crippen LogP contribution in [0.1, 0.15) is 35.0 Å². The van der Waals surface area contributed by atoms with Crippen LogP contribution in [-0.2, 0) is 13.0 Å². The summed E-state index contributed by atoms with van der Waals surface area (Å²) in [6.07, 6.45) is 1.92. The number of nitrogens with zero attached hydrogens (tertiary/aromatic N) is 3. The van der Waals surface area contributed by atoms with E-state index in [-0.39, 0.29) is 5.91 Å². The van der Waals surface area contributed by atoms with Gasteiger partial charge >= 0.3 is 0 Å². The molecule has 2 aromatic rings. The van der Waals surface area contributed by atoms with E-state index in [0.29, 0.717) is 12.2 Å². The highest BCUT2D eigenvalue weighted by molar-refractivity contribution is 5.92. The van der Waals surface area contributed by atoms with E-state index < -0.39 is 0 Å². The number of hydrogen-bond acceptors (Lipinski definition) is 4. The normalized spacial score (nSPS) is 13.6. The van der Waals surface area contributed by atoms with Gasteiger partial charge in [0.25, 0.3) is 5.91 Å². The van der Waals surface area contributed by atoms with Gasteiger partial charge in [0.1, 0.15) is 0 Å². The van der Waals surface area contributed by atoms with Crippen molar-refractivity contribution in [1.82, 2.24) is 15.5 Å². The van der Waals surface area contributed by atoms with Crippen molar-refractivity contribution in [1.29, 1.82) is 0 Å². The van der Waals surface area contributed by atoms with Crippen LogP contribution in [0.5, 0.6) is 0 Å². The molecule has 1 N–H and O–H groups in total. The molecule has 0 radical (unpaired) electrons. The topological polar surface area (TPSA) is 58.1 Å². The van der Waals surface area contributed by atoms with E-state index >= 15 is 0 Å². The van der Waals surface area contributed by atoms with E-state index in [1.54, 1.807) is 6.07 Å². The maximum absolute atomic E-state index is 11.8. The Morgan fingerprint density at radius 3 is 2.73 bits per heavy atom. The van der Waals surface area contributed by atoms with Gasteiger partial charge in [0.05, 0.1) is 0 Å². The summed E-state index contributed by atoms with van der Waals surface area (Å²) in [5.74, 6) is 0.659. The van der Waals surface area contributed by atoms with Crippen LogP contribution in [0.2, 0.25) is 0 Å². The molecule has 1 aliphatic rings. The van der Waals surface area contributed by atoms with Crippen molar-refractivity contribution in [2.24, 2.45) is 0 Å². The molecule has 0 fully saturated rings. The first-order valence-electron chi connectivity index (χ1n) is 7.71. The number of hydrogen-bond donors (Lipinski definition) is 1. The first-order chi connectivity index (χ1) is 10.8. The number of aromatic nitrogens is 2. The van der Waals surface area contributed by atoms with Crippen LogP contribution < -0.4 is 10.2 Å². The minimum absolute atomic E-state index is 0.162. The quantitative estimate of drug-likeness (QED) is 0.939. The molecule has 0 saturated heterocycles. The molecule has 2 heterocycles. The molecule has 0 bridgehead atoms. The average molecular weight is 296 g/mol. The van der Waals surface area contributed by atoms with Gasteiger partial charge in [-0.05, 0) is 36.1 Å². The molecule has 1 aliphatic heterocycles. The maximum Gasteiger partial charge on any atom is 0.271 e. The summed E-state index contributed by atoms with van der Waals surface area (Å²) in [5, 5.41) is 11.1. The Morgan fingerprint density at radius 2 is 2.00 bits per heavy atom. The van der Waals surface area contributed by atoms with E-state index in [2.05, 4.69) is 44.7 Å². The van der Waals surface area contributed by atoms with E-state index in [9.17, 15) is 4.79 Å². The molecule has 1 amide bonds. The highest BCUT2D eigenvalue weighted by Gasteiger charge is 2.17. The van der Waals surface area contributed by atoms with Crippen LogP contribution in [0.15, 0.2) is 36.4 Å². The van der Waals surface area contributed by atoms with Crippen LogP contribution in [-0.4, -0.2) is 29.2 Å². The van der Waals surface area contributed by atoms with Crippen molar-refractivity contribution in [3.05, 3.63) is 53.2 Å². The number of carbonyl (C=O) groups excluding carboxylic acids is 1. The first-order valence-corrected chi connectivity index (χ1v) is 7.71. The summed E-state index contributed by atoms with van der Waals surface area (Å²) in [7, 11) is 0. The van der Waals surface area contributed by atoms with Gasteiger partial charge in [0.2, 0.25) is 0 Å². The number of rotatable bonds is 4. The van der Waals surface area contributed by atoms with Gasteiger partial charge in [0.15, 0.2) is 11.5 Å². The maximum atomic E-state index is 11.8. The van der Waals surface area contributed by atoms with Crippen LogP contribution in [0.4, 0.5) is 5.82 Å². The van der Waals surface area contributed by atoms with E-state index in [1.807, 2.05) is 13.0 Å². The molecular weight excluding hydrogens is 276 g/mol. The van der Waals surface area contributed by atoms with Gasteiger partial charge in [0, 0.05) is 19.6 Å². The lowest BCUT2D eigenvalue weighted by molar-refractivity contribution is 0.0947. The third-order valence-corrected chi connectivity index (χ3v) is 3.87. The minimum atomic E-state index is -0.162. The van der Waals surface area contributed by atoms with Crippen LogP contribution in [0.3, 0.4) is 0 Å². The van der Waals surface area contributed by atoms with Gasteiger partial charge < -0.3 is 10.2 Å². The SMILES string of the molecule is CCCNC(=O)c1ccc(N2CCc3ccccc3C2)nn1. The number of amides is 1. The Morgan fingerprint density at radius 1 is 1.18 bits per heavy atom. The Hall–Kier alpha value is -2.43. The summed E-state index contributed by atoms with van der Waals surface area (Å²) in [6.45, 7) is 4.44. The lowest BCUT2D eigenvalue weighted by Crippen LogP contribution is -2.31. The molecular formula is C17H20N4O. The van der Waals surface area contributed by atoms with Crippen LogP contribution in [0, 0.1) is 0 Å². The lowest BCUT2D eigenvalue weighted by Gasteiger charge is -2.29. The molecule has 3 rings (SSSR count). The Bertz CT molecular complexity index is 654. The van der Waals surface area contributed by atoms with Crippen molar-refractivity contribution in [3.8, 4) is 0 Å². The predicted octanol–water partition coefficient (Wildman–Crippen LogP) is 2.18. The summed E-state index contributed by atoms with van der Waals surface area (Å²) >= 11 is 0. The fourth-order valence-corrected chi connectivity index (χ4v) is 2.64. The molecule has 0 spiro atoms. The van der Waals surface area contributed by atoms with Gasteiger partial charge in [-0.2, -0.15) is 0 Å². The Kier molecular flexibility index (Phi) is 4.32. The first kappa shape index (κ1) is 14.5. The van der Waals surface area contributed by atoms with Crippen LogP contribution >= 0.6 is 0 Å². The second-order valence-corrected chi connectivity index (χ2v) is 5.47. The Labute approximate surface area is 130 Å². The predicted molar refractivity (Wildman–Crippen MR) is 85.9 cm³/mol. The van der Waals surface area contributed by atoms with Gasteiger partial charge in [-0.15, -0.1) is 10.2 Å². The molecule has 5 heteroatoms. The van der Waals surface area contributed by atoms with Crippen molar-refractivity contribution in [2.75, 3.05) is 18.0 Å². The third kappa shape index (κ3) is 3.08. The van der Waals surface area contributed by atoms with Crippen molar-refractivity contribution >= 4 is 11.7 Å². The molecule has 0 saturated carbocycles. The van der Waals surface area contributed by atoms with Crippen LogP contribution in [0.25, 0.3) is 0 Å². The minimum Gasteiger partial charge on any atom is -0.351 e. The summed E-state index contributed by atoms with van der Waals surface area (Å²) in [6, 6.07) is 12.1. The molecule has 5 nitrogen and oxygen atoms in total. The third-order valence-electron chi connectivity index (χ3n) is 3.87. The fraction of sp³-hybridized carbons (Fsp3) is 0.353. The molecule has 0 atom stereocenters. The standard InChI is InChI=1S/C17H20N4O/c1-2-10-18-17(22)15-7-8-16(20-19-15)21-11-9-13-5-3-4-6-14(13)12-21/h3-8H,2,9-12H2,1H3,(H,18,22). The zero-order chi connectivity index (χ0) is 15.4. The van der Waals surface area contributed by atoms with Gasteiger partial charge in [-0.1, -0.05) is 31.2 Å². The molecule has 0 unspecified atom stereocenters. The average Bonchev–Trinajstić information content (AvgIpc) is 2.59. The van der Waals surface area contributed by atoms with Crippen molar-refractivity contribution < 1.29 is 4.79 Å². The zero-order valence-corrected chi connectivity index (χ0v) is 12.7. The molecule has 0 aliphatic carbocycles. The Balaban J connectivity index is 1.70. The summed E-state index contributed by atoms with van der Waals surface area (Å²) < 4.78 is 0. The van der Waals surface area contributed by atoms with E-state index in [4.69, 9.17) is 0 Å². The van der Waals surface area contributed by atoms with E-state index in [1.165, 1.54) is 11.1 Å². The summed E-state index contributed by atoms with van der Waals surface area (Å²) in [5.41, 5.74) is 3.11. The van der Waals surface area contributed by atoms with Gasteiger partial charge in [-0.3, -0.25) is 4.79 Å². The second kappa shape index (κ2) is 6.56. The summed E-state index contributed by atoms with van der Waals surface area (Å²) in [4.78, 5) is 14.0. The largest absolute Gasteiger partial charge is 0.351 e. The number of nitrogens with one attached hydrogen (secondary N) is 1. The molecule has 1 aromatic carbocycles. The lowest BCUT2D eigenvalue weighted by atomic mass is 10.00. The molecule has 22 heavy (non-hydrogen) atoms. The highest BCUT2D eigenvalue weighted by Crippen LogP contribution is 2.22. The number of benzene rings is 1.